The molecule has 8 N–H and O–H groups in total. The Labute approximate surface area is 420 Å². The van der Waals surface area contributed by atoms with Crippen molar-refractivity contribution in [2.24, 2.45) is 46.3 Å². The van der Waals surface area contributed by atoms with Crippen LogP contribution in [0.3, 0.4) is 0 Å². The molecule has 2 aromatic carbocycles. The van der Waals surface area contributed by atoms with Crippen molar-refractivity contribution in [3.8, 4) is 0 Å². The van der Waals surface area contributed by atoms with E-state index >= 15 is 0 Å². The Morgan fingerprint density at radius 1 is 0.819 bits per heavy atom. The molecule has 5 unspecified atom stereocenters. The summed E-state index contributed by atoms with van der Waals surface area (Å²) in [5.74, 6) is -1.95. The molecule has 5 fully saturated rings. The van der Waals surface area contributed by atoms with E-state index in [0.29, 0.717) is 94.4 Å². The zero-order chi connectivity index (χ0) is 51.5. The van der Waals surface area contributed by atoms with Crippen LogP contribution in [-0.4, -0.2) is 159 Å². The van der Waals surface area contributed by atoms with Gasteiger partial charge in [0.25, 0.3) is 5.69 Å². The summed E-state index contributed by atoms with van der Waals surface area (Å²) < 4.78 is 5.39. The number of nitrogens with one attached hydrogen (secondary N) is 3. The number of rotatable bonds is 19. The van der Waals surface area contributed by atoms with E-state index in [1.807, 2.05) is 24.3 Å². The number of aliphatic carboxylic acids is 3. The van der Waals surface area contributed by atoms with Gasteiger partial charge in [-0.25, -0.2) is 0 Å². The number of nitro groups is 1. The fourth-order valence-electron chi connectivity index (χ4n) is 14.4. The second-order valence-electron chi connectivity index (χ2n) is 22.4. The number of nitro benzene ring substituents is 1. The number of anilines is 2. The quantitative estimate of drug-likeness (QED) is 0.0548. The maximum atomic E-state index is 13.5. The number of hydrogen-bond acceptors (Lipinski definition) is 14. The number of nitrogens with zero attached hydrogens (tertiary/aromatic N) is 4. The molecule has 1 amide bonds. The minimum absolute atomic E-state index is 0.0106. The summed E-state index contributed by atoms with van der Waals surface area (Å²) >= 11 is 0. The van der Waals surface area contributed by atoms with Crippen molar-refractivity contribution >= 4 is 51.6 Å². The molecule has 19 heteroatoms. The van der Waals surface area contributed by atoms with Gasteiger partial charge in [-0.2, -0.15) is 0 Å². The fourth-order valence-corrected chi connectivity index (χ4v) is 14.4. The van der Waals surface area contributed by atoms with Crippen molar-refractivity contribution < 1.29 is 54.1 Å². The van der Waals surface area contributed by atoms with Crippen LogP contribution in [0.25, 0.3) is 10.8 Å². The third-order valence-corrected chi connectivity index (χ3v) is 18.2. The lowest BCUT2D eigenvalue weighted by Crippen LogP contribution is -2.62. The highest BCUT2D eigenvalue weighted by molar-refractivity contribution is 5.99. The highest BCUT2D eigenvalue weighted by Gasteiger charge is 2.65. The number of carbonyl (C=O) groups excluding carboxylic acids is 1. The molecule has 72 heavy (non-hydrogen) atoms. The van der Waals surface area contributed by atoms with Gasteiger partial charge in [0.2, 0.25) is 5.91 Å². The number of aliphatic hydroxyl groups is 2. The summed E-state index contributed by atoms with van der Waals surface area (Å²) in [5.41, 5.74) is 1.97. The van der Waals surface area contributed by atoms with Crippen molar-refractivity contribution in [2.45, 2.75) is 109 Å². The number of furan rings is 1. The summed E-state index contributed by atoms with van der Waals surface area (Å²) in [6.45, 7) is 9.53. The van der Waals surface area contributed by atoms with Crippen LogP contribution in [0.15, 0.2) is 53.3 Å². The van der Waals surface area contributed by atoms with E-state index in [0.717, 1.165) is 43.4 Å². The number of non-ortho nitro benzene ring substituents is 1. The highest BCUT2D eigenvalue weighted by Crippen LogP contribution is 2.68. The molecule has 3 aromatic rings. The number of fused-ring (bicyclic) bond motifs is 6. The first-order chi connectivity index (χ1) is 34.3. The summed E-state index contributed by atoms with van der Waals surface area (Å²) in [6, 6.07) is 10.6. The first kappa shape index (κ1) is 53.1. The van der Waals surface area contributed by atoms with Crippen LogP contribution in [0.5, 0.6) is 0 Å². The number of aliphatic hydroxyl groups excluding tert-OH is 2. The van der Waals surface area contributed by atoms with Crippen LogP contribution < -0.4 is 16.0 Å². The van der Waals surface area contributed by atoms with Gasteiger partial charge in [-0.1, -0.05) is 32.9 Å². The van der Waals surface area contributed by atoms with Gasteiger partial charge >= 0.3 is 17.9 Å². The van der Waals surface area contributed by atoms with E-state index in [1.165, 1.54) is 12.3 Å². The smallest absolute Gasteiger partial charge is 0.317 e. The minimum atomic E-state index is -0.997. The molecule has 4 saturated carbocycles. The Morgan fingerprint density at radius 2 is 1.47 bits per heavy atom. The van der Waals surface area contributed by atoms with Crippen molar-refractivity contribution in [1.29, 1.82) is 0 Å². The molecule has 2 heterocycles. The lowest BCUT2D eigenvalue weighted by molar-refractivity contribution is -0.383. The predicted molar refractivity (Wildman–Crippen MR) is 269 cm³/mol. The van der Waals surface area contributed by atoms with Crippen LogP contribution in [0.4, 0.5) is 17.1 Å². The van der Waals surface area contributed by atoms with Crippen LogP contribution in [0.2, 0.25) is 0 Å². The Hall–Kier alpha value is -5.18. The molecule has 12 atom stereocenters. The van der Waals surface area contributed by atoms with Gasteiger partial charge in [-0.05, 0) is 128 Å². The average Bonchev–Trinajstić information content (AvgIpc) is 3.98. The highest BCUT2D eigenvalue weighted by atomic mass is 16.6. The molecular weight excluding hydrogens is 927 g/mol. The molecular formula is C53H75N7O12. The van der Waals surface area contributed by atoms with E-state index in [1.54, 1.807) is 22.1 Å². The number of carbonyl (C=O) groups is 4. The Kier molecular flexibility index (Phi) is 16.6. The zero-order valence-corrected chi connectivity index (χ0v) is 41.9. The van der Waals surface area contributed by atoms with Gasteiger partial charge in [0.05, 0.1) is 47.5 Å². The Morgan fingerprint density at radius 3 is 2.11 bits per heavy atom. The summed E-state index contributed by atoms with van der Waals surface area (Å²) in [7, 11) is 0. The van der Waals surface area contributed by atoms with Crippen LogP contribution >= 0.6 is 0 Å². The number of hydrogen-bond donors (Lipinski definition) is 8. The molecule has 1 aromatic heterocycles. The average molecular weight is 1000 g/mol. The van der Waals surface area contributed by atoms with Crippen molar-refractivity contribution in [2.75, 3.05) is 76.1 Å². The van der Waals surface area contributed by atoms with Crippen molar-refractivity contribution in [1.82, 2.24) is 20.0 Å². The van der Waals surface area contributed by atoms with Crippen molar-refractivity contribution in [3.63, 3.8) is 0 Å². The van der Waals surface area contributed by atoms with E-state index in [2.05, 4.69) is 41.6 Å². The molecule has 1 aliphatic heterocycles. The maximum Gasteiger partial charge on any atom is 0.317 e. The van der Waals surface area contributed by atoms with Gasteiger partial charge in [0.1, 0.15) is 12.5 Å². The summed E-state index contributed by atoms with van der Waals surface area (Å²) in [4.78, 5) is 65.1. The number of carboxylic acid groups (broad SMARTS) is 3. The number of benzene rings is 2. The zero-order valence-electron chi connectivity index (χ0n) is 41.9. The SMILES string of the molecule is CC(CCC(=O)Nc1ccc(CC(CN2CCN(CC(=O)O)CCN(CC(=O)O)CC2)NCC(=O)O)cc1)[C@H]1CCC2C3C(C[C@H](O)[C@@]21C)[C@@]1(C)CC[C@@H](Nc2ccc([N+](=O)[O-])c4cocc24)C[C@H]1C[C@H]3O. The van der Waals surface area contributed by atoms with Crippen LogP contribution in [0.1, 0.15) is 84.1 Å². The molecule has 5 aliphatic rings. The predicted octanol–water partition coefficient (Wildman–Crippen LogP) is 5.45. The first-order valence-corrected chi connectivity index (χ1v) is 26.0. The molecule has 0 radical (unpaired) electrons. The second kappa shape index (κ2) is 22.5. The largest absolute Gasteiger partial charge is 0.480 e. The van der Waals surface area contributed by atoms with Crippen molar-refractivity contribution in [3.05, 3.63) is 64.6 Å². The topological polar surface area (TPSA) is 272 Å². The molecule has 8 rings (SSSR count). The Bertz CT molecular complexity index is 2390. The molecule has 0 bridgehead atoms. The number of amides is 1. The lowest BCUT2D eigenvalue weighted by atomic mass is 9.43. The standard InChI is InChI=1S/C53H75N7O12/c1-32(4-13-47(63)56-35-7-5-33(6-8-35)22-37(54-26-48(64)65)27-57-16-18-58(28-49(66)67)20-21-59(19-17-57)29-50(68)69)40-9-10-41-51-42(25-46(62)53(40,41)3)52(2)15-14-36(23-34(52)24-45(51)61)55-43-11-12-44(60(70)71)39-31-72-30-38(39)43/h5-8,11-12,30-32,34,36-37,40-42,45-46,51,54-55,61-62H,4,9-10,13-29H2,1-3H3,(H,56,63)(H,64,65)(H,66,67)(H,68,69)/t32?,34-,36+,37?,40+,41?,42?,45+,46-,51?,52-,53+/m0/s1. The first-order valence-electron chi connectivity index (χ1n) is 26.0. The summed E-state index contributed by atoms with van der Waals surface area (Å²) in [5, 5.41) is 75.4. The van der Waals surface area contributed by atoms with Gasteiger partial charge in [-0.15, -0.1) is 0 Å². The molecule has 394 valence electrons. The Balaban J connectivity index is 0.840. The van der Waals surface area contributed by atoms with Crippen LogP contribution in [0, 0.1) is 56.5 Å². The fraction of sp³-hybridized carbons (Fsp3) is 0.660. The molecule has 1 saturated heterocycles. The monoisotopic (exact) mass is 1000 g/mol. The lowest BCUT2D eigenvalue weighted by Gasteiger charge is -2.63. The molecule has 0 spiro atoms. The van der Waals surface area contributed by atoms with Crippen LogP contribution in [-0.2, 0) is 25.6 Å². The number of carboxylic acids is 3. The third-order valence-electron chi connectivity index (χ3n) is 18.2. The van der Waals surface area contributed by atoms with E-state index in [9.17, 15) is 54.8 Å². The molecule has 19 nitrogen and oxygen atoms in total. The third kappa shape index (κ3) is 11.8. The van der Waals surface area contributed by atoms with E-state index in [-0.39, 0.29) is 89.6 Å². The summed E-state index contributed by atoms with van der Waals surface area (Å²) in [6.07, 6.45) is 9.38. The van der Waals surface area contributed by atoms with Gasteiger partial charge in [0, 0.05) is 81.8 Å². The minimum Gasteiger partial charge on any atom is -0.480 e. The van der Waals surface area contributed by atoms with E-state index < -0.39 is 35.0 Å². The van der Waals surface area contributed by atoms with Gasteiger partial charge < -0.3 is 45.9 Å². The maximum absolute atomic E-state index is 13.5. The second-order valence-corrected chi connectivity index (χ2v) is 22.4. The van der Waals surface area contributed by atoms with Gasteiger partial charge in [-0.3, -0.25) is 44.0 Å². The van der Waals surface area contributed by atoms with E-state index in [4.69, 9.17) is 4.42 Å². The normalized spacial score (nSPS) is 31.2. The molecule has 4 aliphatic carbocycles. The van der Waals surface area contributed by atoms with Gasteiger partial charge in [0.15, 0.2) is 0 Å².